The van der Waals surface area contributed by atoms with E-state index in [9.17, 15) is 8.42 Å². The first-order valence-corrected chi connectivity index (χ1v) is 7.79. The molecule has 5 heteroatoms. The van der Waals surface area contributed by atoms with E-state index in [0.29, 0.717) is 13.1 Å². The Labute approximate surface area is 110 Å². The van der Waals surface area contributed by atoms with Crippen molar-refractivity contribution in [2.75, 3.05) is 6.54 Å². The molecule has 0 bridgehead atoms. The summed E-state index contributed by atoms with van der Waals surface area (Å²) >= 11 is 0. The normalized spacial score (nSPS) is 12.3. The van der Waals surface area contributed by atoms with Gasteiger partial charge in [0.1, 0.15) is 0 Å². The molecular weight excluding hydrogens is 248 g/mol. The van der Waals surface area contributed by atoms with Gasteiger partial charge in [-0.15, -0.1) is 0 Å². The predicted octanol–water partition coefficient (Wildman–Crippen LogP) is 1.71. The predicted molar refractivity (Wildman–Crippen MR) is 74.5 cm³/mol. The quantitative estimate of drug-likeness (QED) is 0.856. The second-order valence-corrected chi connectivity index (χ2v) is 6.50. The maximum atomic E-state index is 12.2. The Kier molecular flexibility index (Phi) is 5.31. The first-order chi connectivity index (χ1) is 8.40. The van der Waals surface area contributed by atoms with Gasteiger partial charge in [-0.3, -0.25) is 0 Å². The molecule has 0 unspecified atom stereocenters. The molecule has 1 aromatic carbocycles. The number of nitrogens with two attached hydrogens (primary N) is 1. The maximum Gasteiger partial charge on any atom is 0.218 e. The van der Waals surface area contributed by atoms with Crippen LogP contribution in [0.2, 0.25) is 0 Å². The molecule has 0 aliphatic rings. The summed E-state index contributed by atoms with van der Waals surface area (Å²) in [5, 5.41) is 0. The van der Waals surface area contributed by atoms with Crippen LogP contribution in [0.15, 0.2) is 24.3 Å². The van der Waals surface area contributed by atoms with Gasteiger partial charge in [0.2, 0.25) is 10.0 Å². The SMILES string of the molecule is CCN(C(C)C)S(=O)(=O)Cc1ccc(CN)cc1. The molecule has 4 nitrogen and oxygen atoms in total. The van der Waals surface area contributed by atoms with Crippen LogP contribution in [-0.4, -0.2) is 25.3 Å². The molecule has 0 heterocycles. The molecule has 102 valence electrons. The molecule has 1 aromatic rings. The largest absolute Gasteiger partial charge is 0.326 e. The Hall–Kier alpha value is -0.910. The molecule has 2 N–H and O–H groups in total. The van der Waals surface area contributed by atoms with Crippen molar-refractivity contribution in [1.29, 1.82) is 0 Å². The van der Waals surface area contributed by atoms with Crippen LogP contribution >= 0.6 is 0 Å². The van der Waals surface area contributed by atoms with Gasteiger partial charge in [-0.05, 0) is 25.0 Å². The fourth-order valence-electron chi connectivity index (χ4n) is 1.95. The molecule has 0 spiro atoms. The maximum absolute atomic E-state index is 12.2. The Morgan fingerprint density at radius 2 is 1.67 bits per heavy atom. The Bertz CT molecular complexity index is 466. The lowest BCUT2D eigenvalue weighted by atomic mass is 10.1. The molecule has 0 saturated heterocycles. The van der Waals surface area contributed by atoms with Crippen molar-refractivity contribution in [2.45, 2.75) is 39.1 Å². The smallest absolute Gasteiger partial charge is 0.218 e. The van der Waals surface area contributed by atoms with E-state index in [1.807, 2.05) is 45.0 Å². The summed E-state index contributed by atoms with van der Waals surface area (Å²) in [6, 6.07) is 7.39. The Morgan fingerprint density at radius 1 is 1.17 bits per heavy atom. The van der Waals surface area contributed by atoms with Crippen LogP contribution in [0.4, 0.5) is 0 Å². The molecule has 18 heavy (non-hydrogen) atoms. The van der Waals surface area contributed by atoms with Crippen LogP contribution in [0.25, 0.3) is 0 Å². The number of sulfonamides is 1. The molecule has 0 aromatic heterocycles. The van der Waals surface area contributed by atoms with Crippen molar-refractivity contribution in [3.63, 3.8) is 0 Å². The van der Waals surface area contributed by atoms with E-state index in [-0.39, 0.29) is 11.8 Å². The van der Waals surface area contributed by atoms with E-state index < -0.39 is 10.0 Å². The standard InChI is InChI=1S/C13H22N2O2S/c1-4-15(11(2)3)18(16,17)10-13-7-5-12(9-14)6-8-13/h5-8,11H,4,9-10,14H2,1-3H3. The monoisotopic (exact) mass is 270 g/mol. The zero-order chi connectivity index (χ0) is 13.8. The number of benzene rings is 1. The zero-order valence-corrected chi connectivity index (χ0v) is 12.1. The van der Waals surface area contributed by atoms with E-state index in [1.54, 1.807) is 0 Å². The minimum atomic E-state index is -3.24. The van der Waals surface area contributed by atoms with Gasteiger partial charge in [0.25, 0.3) is 0 Å². The minimum Gasteiger partial charge on any atom is -0.326 e. The summed E-state index contributed by atoms with van der Waals surface area (Å²) < 4.78 is 26.0. The number of hydrogen-bond donors (Lipinski definition) is 1. The molecule has 0 amide bonds. The van der Waals surface area contributed by atoms with E-state index in [2.05, 4.69) is 0 Å². The summed E-state index contributed by atoms with van der Waals surface area (Å²) in [4.78, 5) is 0. The van der Waals surface area contributed by atoms with Gasteiger partial charge < -0.3 is 5.73 Å². The fourth-order valence-corrected chi connectivity index (χ4v) is 3.76. The first-order valence-electron chi connectivity index (χ1n) is 6.18. The Balaban J connectivity index is 2.87. The van der Waals surface area contributed by atoms with Gasteiger partial charge >= 0.3 is 0 Å². The molecule has 1 rings (SSSR count). The highest BCUT2D eigenvalue weighted by molar-refractivity contribution is 7.88. The summed E-state index contributed by atoms with van der Waals surface area (Å²) in [6.07, 6.45) is 0. The average molecular weight is 270 g/mol. The van der Waals surface area contributed by atoms with Crippen LogP contribution in [0, 0.1) is 0 Å². The van der Waals surface area contributed by atoms with Crippen molar-refractivity contribution in [1.82, 2.24) is 4.31 Å². The van der Waals surface area contributed by atoms with Gasteiger partial charge in [-0.25, -0.2) is 8.42 Å². The van der Waals surface area contributed by atoms with Gasteiger partial charge in [-0.2, -0.15) is 4.31 Å². The summed E-state index contributed by atoms with van der Waals surface area (Å²) in [5.41, 5.74) is 7.31. The van der Waals surface area contributed by atoms with E-state index in [4.69, 9.17) is 5.73 Å². The van der Waals surface area contributed by atoms with Gasteiger partial charge in [0.05, 0.1) is 5.75 Å². The molecule has 0 aliphatic heterocycles. The third-order valence-corrected chi connectivity index (χ3v) is 4.95. The number of rotatable bonds is 6. The molecule has 0 radical (unpaired) electrons. The highest BCUT2D eigenvalue weighted by Gasteiger charge is 2.23. The van der Waals surface area contributed by atoms with Crippen LogP contribution in [-0.2, 0) is 22.3 Å². The van der Waals surface area contributed by atoms with Crippen molar-refractivity contribution in [3.8, 4) is 0 Å². The van der Waals surface area contributed by atoms with Crippen LogP contribution in [0.1, 0.15) is 31.9 Å². The van der Waals surface area contributed by atoms with Crippen LogP contribution in [0.5, 0.6) is 0 Å². The zero-order valence-electron chi connectivity index (χ0n) is 11.3. The van der Waals surface area contributed by atoms with Gasteiger partial charge in [-0.1, -0.05) is 31.2 Å². The lowest BCUT2D eigenvalue weighted by Gasteiger charge is -2.24. The summed E-state index contributed by atoms with van der Waals surface area (Å²) in [5.74, 6) is 0.0455. The molecular formula is C13H22N2O2S. The third-order valence-electron chi connectivity index (χ3n) is 2.85. The number of nitrogens with zero attached hydrogens (tertiary/aromatic N) is 1. The topological polar surface area (TPSA) is 63.4 Å². The van der Waals surface area contributed by atoms with Crippen LogP contribution < -0.4 is 5.73 Å². The summed E-state index contributed by atoms with van der Waals surface area (Å²) in [6.45, 7) is 6.60. The minimum absolute atomic E-state index is 0.0108. The molecule has 0 fully saturated rings. The van der Waals surface area contributed by atoms with Crippen LogP contribution in [0.3, 0.4) is 0 Å². The van der Waals surface area contributed by atoms with E-state index in [0.717, 1.165) is 11.1 Å². The fraction of sp³-hybridized carbons (Fsp3) is 0.538. The van der Waals surface area contributed by atoms with Crippen molar-refractivity contribution in [3.05, 3.63) is 35.4 Å². The highest BCUT2D eigenvalue weighted by atomic mass is 32.2. The first kappa shape index (κ1) is 15.1. The van der Waals surface area contributed by atoms with Crippen molar-refractivity contribution < 1.29 is 8.42 Å². The van der Waals surface area contributed by atoms with E-state index in [1.165, 1.54) is 4.31 Å². The summed E-state index contributed by atoms with van der Waals surface area (Å²) in [7, 11) is -3.24. The average Bonchev–Trinajstić information content (AvgIpc) is 2.29. The van der Waals surface area contributed by atoms with Crippen molar-refractivity contribution >= 4 is 10.0 Å². The van der Waals surface area contributed by atoms with Gasteiger partial charge in [0.15, 0.2) is 0 Å². The third kappa shape index (κ3) is 3.80. The number of hydrogen-bond acceptors (Lipinski definition) is 3. The highest BCUT2D eigenvalue weighted by Crippen LogP contribution is 2.14. The molecule has 0 atom stereocenters. The molecule has 0 saturated carbocycles. The second-order valence-electron chi connectivity index (χ2n) is 4.57. The van der Waals surface area contributed by atoms with Gasteiger partial charge in [0, 0.05) is 19.1 Å². The molecule has 0 aliphatic carbocycles. The van der Waals surface area contributed by atoms with Crippen molar-refractivity contribution in [2.24, 2.45) is 5.73 Å². The van der Waals surface area contributed by atoms with E-state index >= 15 is 0 Å². The second kappa shape index (κ2) is 6.31. The Morgan fingerprint density at radius 3 is 2.06 bits per heavy atom. The lowest BCUT2D eigenvalue weighted by molar-refractivity contribution is 0.368. The lowest BCUT2D eigenvalue weighted by Crippen LogP contribution is -2.37.